The second kappa shape index (κ2) is 7.08. The van der Waals surface area contributed by atoms with Gasteiger partial charge in [0, 0.05) is 25.7 Å². The summed E-state index contributed by atoms with van der Waals surface area (Å²) in [4.78, 5) is 14.4. The first-order chi connectivity index (χ1) is 11.2. The molecule has 2 N–H and O–H groups in total. The Balaban J connectivity index is 1.68. The molecule has 2 amide bonds. The minimum atomic E-state index is 0.0270. The monoisotopic (exact) mass is 319 g/mol. The highest BCUT2D eigenvalue weighted by Gasteiger charge is 2.24. The van der Waals surface area contributed by atoms with Crippen LogP contribution in [0.15, 0.2) is 12.1 Å². The van der Waals surface area contributed by atoms with Crippen molar-refractivity contribution in [2.45, 2.75) is 31.8 Å². The maximum absolute atomic E-state index is 12.5. The summed E-state index contributed by atoms with van der Waals surface area (Å²) in [5.41, 5.74) is 2.36. The summed E-state index contributed by atoms with van der Waals surface area (Å²) in [6.45, 7) is 3.25. The van der Waals surface area contributed by atoms with Gasteiger partial charge in [0.25, 0.3) is 0 Å². The van der Waals surface area contributed by atoms with Crippen molar-refractivity contribution in [1.29, 1.82) is 0 Å². The lowest BCUT2D eigenvalue weighted by atomic mass is 9.99. The van der Waals surface area contributed by atoms with Crippen LogP contribution in [0.3, 0.4) is 0 Å². The molecular weight excluding hydrogens is 294 g/mol. The highest BCUT2D eigenvalue weighted by atomic mass is 16.5. The van der Waals surface area contributed by atoms with E-state index in [-0.39, 0.29) is 12.1 Å². The van der Waals surface area contributed by atoms with Crippen molar-refractivity contribution in [3.63, 3.8) is 0 Å². The van der Waals surface area contributed by atoms with Crippen molar-refractivity contribution in [1.82, 2.24) is 15.5 Å². The number of hydrogen-bond donors (Lipinski definition) is 2. The van der Waals surface area contributed by atoms with Crippen molar-refractivity contribution in [2.24, 2.45) is 0 Å². The maximum Gasteiger partial charge on any atom is 0.317 e. The summed E-state index contributed by atoms with van der Waals surface area (Å²) in [6.07, 6.45) is 3.00. The third kappa shape index (κ3) is 3.52. The molecule has 126 valence electrons. The summed E-state index contributed by atoms with van der Waals surface area (Å²) in [7, 11) is 3.28. The quantitative estimate of drug-likeness (QED) is 0.887. The molecule has 0 radical (unpaired) electrons. The molecule has 1 fully saturated rings. The molecule has 2 heterocycles. The summed E-state index contributed by atoms with van der Waals surface area (Å²) in [6, 6.07) is 4.27. The smallest absolute Gasteiger partial charge is 0.317 e. The van der Waals surface area contributed by atoms with Gasteiger partial charge in [0.2, 0.25) is 0 Å². The SMILES string of the molecule is COc1cc2c(cc1OC)CN(C(=O)NC1CCCNC1)CC2. The average Bonchev–Trinajstić information content (AvgIpc) is 2.60. The molecule has 1 aromatic rings. The predicted octanol–water partition coefficient (Wildman–Crippen LogP) is 1.52. The molecule has 0 aliphatic carbocycles. The first kappa shape index (κ1) is 15.9. The van der Waals surface area contributed by atoms with E-state index in [4.69, 9.17) is 9.47 Å². The van der Waals surface area contributed by atoms with Crippen LogP contribution in [-0.2, 0) is 13.0 Å². The number of nitrogens with one attached hydrogen (secondary N) is 2. The van der Waals surface area contributed by atoms with Gasteiger partial charge in [-0.25, -0.2) is 4.79 Å². The van der Waals surface area contributed by atoms with Gasteiger partial charge in [-0.2, -0.15) is 0 Å². The van der Waals surface area contributed by atoms with Crippen LogP contribution in [0, 0.1) is 0 Å². The average molecular weight is 319 g/mol. The fraction of sp³-hybridized carbons (Fsp3) is 0.588. The third-order valence-corrected chi connectivity index (χ3v) is 4.63. The third-order valence-electron chi connectivity index (χ3n) is 4.63. The highest BCUT2D eigenvalue weighted by Crippen LogP contribution is 2.33. The molecule has 3 rings (SSSR count). The first-order valence-electron chi connectivity index (χ1n) is 8.21. The molecule has 2 aliphatic heterocycles. The predicted molar refractivity (Wildman–Crippen MR) is 88.1 cm³/mol. The number of methoxy groups -OCH3 is 2. The van der Waals surface area contributed by atoms with Crippen molar-refractivity contribution in [2.75, 3.05) is 33.9 Å². The molecule has 0 spiro atoms. The van der Waals surface area contributed by atoms with Gasteiger partial charge in [0.1, 0.15) is 0 Å². The van der Waals surface area contributed by atoms with E-state index in [0.717, 1.165) is 50.2 Å². The minimum Gasteiger partial charge on any atom is -0.493 e. The molecule has 23 heavy (non-hydrogen) atoms. The molecule has 2 aliphatic rings. The van der Waals surface area contributed by atoms with Crippen molar-refractivity contribution in [3.05, 3.63) is 23.3 Å². The summed E-state index contributed by atoms with van der Waals surface area (Å²) in [5, 5.41) is 6.46. The normalized spacial score (nSPS) is 20.6. The van der Waals surface area contributed by atoms with Gasteiger partial charge in [0.05, 0.1) is 14.2 Å². The number of nitrogens with zero attached hydrogens (tertiary/aromatic N) is 1. The number of carbonyl (C=O) groups excluding carboxylic acids is 1. The van der Waals surface area contributed by atoms with E-state index in [1.165, 1.54) is 5.56 Å². The fourth-order valence-electron chi connectivity index (χ4n) is 3.30. The number of ether oxygens (including phenoxy) is 2. The molecular formula is C17H25N3O3. The Morgan fingerprint density at radius 3 is 2.65 bits per heavy atom. The molecule has 6 heteroatoms. The minimum absolute atomic E-state index is 0.0270. The number of piperidine rings is 1. The number of hydrogen-bond acceptors (Lipinski definition) is 4. The van der Waals surface area contributed by atoms with E-state index in [2.05, 4.69) is 10.6 Å². The van der Waals surface area contributed by atoms with E-state index in [1.807, 2.05) is 17.0 Å². The molecule has 1 unspecified atom stereocenters. The number of benzene rings is 1. The lowest BCUT2D eigenvalue weighted by molar-refractivity contribution is 0.185. The van der Waals surface area contributed by atoms with Gasteiger partial charge in [-0.15, -0.1) is 0 Å². The molecule has 0 bridgehead atoms. The van der Waals surface area contributed by atoms with Gasteiger partial charge in [-0.3, -0.25) is 0 Å². The van der Waals surface area contributed by atoms with Crippen LogP contribution in [0.25, 0.3) is 0 Å². The first-order valence-corrected chi connectivity index (χ1v) is 8.21. The van der Waals surface area contributed by atoms with E-state index in [0.29, 0.717) is 12.3 Å². The lowest BCUT2D eigenvalue weighted by Crippen LogP contribution is -2.51. The number of rotatable bonds is 3. The van der Waals surface area contributed by atoms with E-state index in [9.17, 15) is 4.79 Å². The molecule has 1 saturated heterocycles. The van der Waals surface area contributed by atoms with Crippen LogP contribution < -0.4 is 20.1 Å². The van der Waals surface area contributed by atoms with Gasteiger partial charge >= 0.3 is 6.03 Å². The Hall–Kier alpha value is -1.95. The van der Waals surface area contributed by atoms with Crippen LogP contribution in [0.5, 0.6) is 11.5 Å². The van der Waals surface area contributed by atoms with Crippen LogP contribution in [0.4, 0.5) is 4.79 Å². The summed E-state index contributed by atoms with van der Waals surface area (Å²) in [5.74, 6) is 1.46. The maximum atomic E-state index is 12.5. The highest BCUT2D eigenvalue weighted by molar-refractivity contribution is 5.75. The number of carbonyl (C=O) groups is 1. The summed E-state index contributed by atoms with van der Waals surface area (Å²) >= 11 is 0. The largest absolute Gasteiger partial charge is 0.493 e. The van der Waals surface area contributed by atoms with Crippen LogP contribution in [0.2, 0.25) is 0 Å². The van der Waals surface area contributed by atoms with Gasteiger partial charge in [-0.1, -0.05) is 0 Å². The number of amides is 2. The molecule has 0 saturated carbocycles. The number of urea groups is 1. The van der Waals surface area contributed by atoms with E-state index in [1.54, 1.807) is 14.2 Å². The zero-order chi connectivity index (χ0) is 16.2. The van der Waals surface area contributed by atoms with Crippen LogP contribution in [0.1, 0.15) is 24.0 Å². The zero-order valence-corrected chi connectivity index (χ0v) is 13.9. The number of fused-ring (bicyclic) bond motifs is 1. The lowest BCUT2D eigenvalue weighted by Gasteiger charge is -2.32. The van der Waals surface area contributed by atoms with E-state index < -0.39 is 0 Å². The molecule has 6 nitrogen and oxygen atoms in total. The van der Waals surface area contributed by atoms with Crippen molar-refractivity contribution < 1.29 is 14.3 Å². The molecule has 1 atom stereocenters. The second-order valence-corrected chi connectivity index (χ2v) is 6.14. The van der Waals surface area contributed by atoms with Gasteiger partial charge in [0.15, 0.2) is 11.5 Å². The Morgan fingerprint density at radius 1 is 1.26 bits per heavy atom. The van der Waals surface area contributed by atoms with Gasteiger partial charge < -0.3 is 25.0 Å². The van der Waals surface area contributed by atoms with Crippen LogP contribution >= 0.6 is 0 Å². The standard InChI is InChI=1S/C17H25N3O3/c1-22-15-8-12-5-7-20(11-13(12)9-16(15)23-2)17(21)19-14-4-3-6-18-10-14/h8-9,14,18H,3-7,10-11H2,1-2H3,(H,19,21). The summed E-state index contributed by atoms with van der Waals surface area (Å²) < 4.78 is 10.7. The molecule has 1 aromatic carbocycles. The zero-order valence-electron chi connectivity index (χ0n) is 13.9. The van der Waals surface area contributed by atoms with Crippen LogP contribution in [-0.4, -0.2) is 50.8 Å². The van der Waals surface area contributed by atoms with E-state index >= 15 is 0 Å². The van der Waals surface area contributed by atoms with Crippen molar-refractivity contribution in [3.8, 4) is 11.5 Å². The fourth-order valence-corrected chi connectivity index (χ4v) is 3.30. The Labute approximate surface area is 137 Å². The molecule has 0 aromatic heterocycles. The van der Waals surface area contributed by atoms with Crippen molar-refractivity contribution >= 4 is 6.03 Å². The topological polar surface area (TPSA) is 62.8 Å². The Bertz CT molecular complexity index is 570. The second-order valence-electron chi connectivity index (χ2n) is 6.14. The van der Waals surface area contributed by atoms with Gasteiger partial charge in [-0.05, 0) is 49.1 Å². The Kier molecular flexibility index (Phi) is 4.91. The Morgan fingerprint density at radius 2 is 2.00 bits per heavy atom.